The molecule has 2 aromatic heterocycles. The Morgan fingerprint density at radius 2 is 1.79 bits per heavy atom. The number of nitrogens with zero attached hydrogens (tertiary/aromatic N) is 2. The quantitative estimate of drug-likeness (QED) is 0.231. The van der Waals surface area contributed by atoms with Gasteiger partial charge in [-0.15, -0.1) is 0 Å². The van der Waals surface area contributed by atoms with Crippen LogP contribution in [0.2, 0.25) is 0 Å². The lowest BCUT2D eigenvalue weighted by Crippen LogP contribution is -2.27. The third-order valence-electron chi connectivity index (χ3n) is 7.05. The maximum Gasteiger partial charge on any atom is 0.220 e. The normalized spacial score (nSPS) is 11.9. The van der Waals surface area contributed by atoms with E-state index in [1.54, 1.807) is 19.4 Å². The van der Waals surface area contributed by atoms with Crippen LogP contribution >= 0.6 is 0 Å². The zero-order chi connectivity index (χ0) is 27.2. The lowest BCUT2D eigenvalue weighted by molar-refractivity contribution is -0.121. The summed E-state index contributed by atoms with van der Waals surface area (Å²) in [6, 6.07) is 26.9. The summed E-state index contributed by atoms with van der Waals surface area (Å²) in [7, 11) is 1.65. The van der Waals surface area contributed by atoms with Gasteiger partial charge in [0.15, 0.2) is 0 Å². The van der Waals surface area contributed by atoms with Crippen molar-refractivity contribution in [3.8, 4) is 5.75 Å². The number of nitrogens with one attached hydrogen (secondary N) is 1. The van der Waals surface area contributed by atoms with Gasteiger partial charge in [0, 0.05) is 60.8 Å². The summed E-state index contributed by atoms with van der Waals surface area (Å²) in [4.78, 5) is 17.5. The van der Waals surface area contributed by atoms with Crippen molar-refractivity contribution in [1.82, 2.24) is 14.9 Å². The van der Waals surface area contributed by atoms with Crippen molar-refractivity contribution in [3.05, 3.63) is 131 Å². The van der Waals surface area contributed by atoms with E-state index in [0.717, 1.165) is 39.0 Å². The predicted octanol–water partition coefficient (Wildman–Crippen LogP) is 6.42. The Hall–Kier alpha value is -4.45. The molecule has 0 aliphatic heterocycles. The minimum atomic E-state index is -0.443. The molecule has 1 amide bonds. The summed E-state index contributed by atoms with van der Waals surface area (Å²) in [6.07, 6.45) is 4.59. The zero-order valence-electron chi connectivity index (χ0n) is 22.2. The van der Waals surface area contributed by atoms with Gasteiger partial charge < -0.3 is 14.6 Å². The first-order valence-corrected chi connectivity index (χ1v) is 13.1. The fourth-order valence-electron chi connectivity index (χ4n) is 5.06. The van der Waals surface area contributed by atoms with E-state index >= 15 is 4.39 Å². The Morgan fingerprint density at radius 3 is 2.56 bits per heavy atom. The summed E-state index contributed by atoms with van der Waals surface area (Å²) in [5.41, 5.74) is 5.49. The maximum atomic E-state index is 15.3. The molecule has 0 fully saturated rings. The van der Waals surface area contributed by atoms with Crippen LogP contribution in [0.15, 0.2) is 97.3 Å². The summed E-state index contributed by atoms with van der Waals surface area (Å²) < 4.78 is 22.8. The van der Waals surface area contributed by atoms with Crippen LogP contribution in [0.4, 0.5) is 4.39 Å². The van der Waals surface area contributed by atoms with Crippen molar-refractivity contribution in [1.29, 1.82) is 0 Å². The van der Waals surface area contributed by atoms with Crippen LogP contribution in [0.3, 0.4) is 0 Å². The number of benzene rings is 3. The number of hydrogen-bond donors (Lipinski definition) is 1. The largest absolute Gasteiger partial charge is 0.497 e. The first-order chi connectivity index (χ1) is 19.0. The second-order valence-corrected chi connectivity index (χ2v) is 9.78. The molecule has 3 aromatic carbocycles. The molecule has 39 heavy (non-hydrogen) atoms. The van der Waals surface area contributed by atoms with Gasteiger partial charge in [-0.1, -0.05) is 54.1 Å². The molecule has 0 unspecified atom stereocenters. The lowest BCUT2D eigenvalue weighted by Gasteiger charge is -2.19. The predicted molar refractivity (Wildman–Crippen MR) is 153 cm³/mol. The van der Waals surface area contributed by atoms with Crippen LogP contribution < -0.4 is 10.1 Å². The summed E-state index contributed by atoms with van der Waals surface area (Å²) in [5, 5.41) is 4.03. The van der Waals surface area contributed by atoms with E-state index in [0.29, 0.717) is 25.1 Å². The van der Waals surface area contributed by atoms with Crippen molar-refractivity contribution in [3.63, 3.8) is 0 Å². The molecule has 1 atom stereocenters. The molecule has 0 aliphatic carbocycles. The van der Waals surface area contributed by atoms with E-state index in [9.17, 15) is 4.79 Å². The molecule has 6 heteroatoms. The molecule has 0 spiro atoms. The first-order valence-electron chi connectivity index (χ1n) is 13.1. The molecule has 0 radical (unpaired) electrons. The number of hydrogen-bond acceptors (Lipinski definition) is 3. The summed E-state index contributed by atoms with van der Waals surface area (Å²) in [6.45, 7) is 3.06. The Labute approximate surface area is 228 Å². The number of aromatic nitrogens is 2. The average Bonchev–Trinajstić information content (AvgIpc) is 3.32. The third kappa shape index (κ3) is 6.17. The molecule has 5 rings (SSSR count). The number of pyridine rings is 1. The Kier molecular flexibility index (Phi) is 8.02. The number of aryl methyl sites for hydroxylation is 1. The van der Waals surface area contributed by atoms with Crippen LogP contribution in [-0.2, 0) is 17.8 Å². The summed E-state index contributed by atoms with van der Waals surface area (Å²) in [5.74, 6) is -0.0645. The van der Waals surface area contributed by atoms with Crippen molar-refractivity contribution in [2.45, 2.75) is 32.2 Å². The monoisotopic (exact) mass is 521 g/mol. The minimum absolute atomic E-state index is 0.121. The van der Waals surface area contributed by atoms with Gasteiger partial charge in [0.1, 0.15) is 11.6 Å². The second-order valence-electron chi connectivity index (χ2n) is 9.78. The minimum Gasteiger partial charge on any atom is -0.497 e. The molecule has 0 aliphatic rings. The molecule has 5 nitrogen and oxygen atoms in total. The standard InChI is InChI=1S/C33H32FN3O2/c1-23-10-15-31(34)29(19-23)28(20-33(38)36-18-16-25-7-5-6-17-35-25)30-22-37(32-9-4-3-8-27(30)32)21-24-11-13-26(39-2)14-12-24/h3-15,17,19,22,28H,16,18,20-21H2,1-2H3,(H,36,38)/t28-/m1/s1. The molecule has 198 valence electrons. The van der Waals surface area contributed by atoms with E-state index in [1.165, 1.54) is 6.07 Å². The van der Waals surface area contributed by atoms with Gasteiger partial charge in [-0.2, -0.15) is 0 Å². The second kappa shape index (κ2) is 11.9. The van der Waals surface area contributed by atoms with Crippen molar-refractivity contribution >= 4 is 16.8 Å². The number of carbonyl (C=O) groups is 1. The van der Waals surface area contributed by atoms with E-state index < -0.39 is 5.92 Å². The Bertz CT molecular complexity index is 1560. The van der Waals surface area contributed by atoms with Crippen molar-refractivity contribution in [2.75, 3.05) is 13.7 Å². The van der Waals surface area contributed by atoms with Crippen LogP contribution in [0, 0.1) is 12.7 Å². The highest BCUT2D eigenvalue weighted by atomic mass is 19.1. The fourth-order valence-corrected chi connectivity index (χ4v) is 5.06. The van der Waals surface area contributed by atoms with Crippen LogP contribution in [-0.4, -0.2) is 29.1 Å². The topological polar surface area (TPSA) is 56.1 Å². The Morgan fingerprint density at radius 1 is 1.00 bits per heavy atom. The van der Waals surface area contributed by atoms with Gasteiger partial charge in [0.2, 0.25) is 5.91 Å². The Balaban J connectivity index is 1.47. The van der Waals surface area contributed by atoms with Gasteiger partial charge in [-0.25, -0.2) is 4.39 Å². The lowest BCUT2D eigenvalue weighted by atomic mass is 9.87. The SMILES string of the molecule is COc1ccc(Cn2cc([C@H](CC(=O)NCCc3ccccn3)c3cc(C)ccc3F)c3ccccc32)cc1. The number of halogens is 1. The number of methoxy groups -OCH3 is 1. The summed E-state index contributed by atoms with van der Waals surface area (Å²) >= 11 is 0. The van der Waals surface area contributed by atoms with Crippen molar-refractivity contribution in [2.24, 2.45) is 0 Å². The number of para-hydroxylation sites is 1. The van der Waals surface area contributed by atoms with Gasteiger partial charge in [-0.05, 0) is 60.0 Å². The molecule has 5 aromatic rings. The molecular weight excluding hydrogens is 489 g/mol. The molecule has 0 saturated heterocycles. The molecular formula is C33H32FN3O2. The molecule has 0 bridgehead atoms. The first kappa shape index (κ1) is 26.2. The van der Waals surface area contributed by atoms with Gasteiger partial charge >= 0.3 is 0 Å². The average molecular weight is 522 g/mol. The van der Waals surface area contributed by atoms with Crippen LogP contribution in [0.5, 0.6) is 5.75 Å². The highest BCUT2D eigenvalue weighted by Crippen LogP contribution is 2.36. The van der Waals surface area contributed by atoms with E-state index in [2.05, 4.69) is 33.2 Å². The van der Waals surface area contributed by atoms with Crippen LogP contribution in [0.25, 0.3) is 10.9 Å². The number of fused-ring (bicyclic) bond motifs is 1. The van der Waals surface area contributed by atoms with E-state index in [-0.39, 0.29) is 18.1 Å². The highest BCUT2D eigenvalue weighted by Gasteiger charge is 2.25. The van der Waals surface area contributed by atoms with Gasteiger partial charge in [0.25, 0.3) is 0 Å². The number of carbonyl (C=O) groups excluding carboxylic acids is 1. The maximum absolute atomic E-state index is 15.3. The smallest absolute Gasteiger partial charge is 0.220 e. The van der Waals surface area contributed by atoms with E-state index in [1.807, 2.05) is 67.6 Å². The highest BCUT2D eigenvalue weighted by molar-refractivity contribution is 5.87. The molecule has 0 saturated carbocycles. The number of amides is 1. The number of ether oxygens (including phenoxy) is 1. The van der Waals surface area contributed by atoms with E-state index in [4.69, 9.17) is 4.74 Å². The number of rotatable bonds is 10. The van der Waals surface area contributed by atoms with Gasteiger partial charge in [0.05, 0.1) is 7.11 Å². The van der Waals surface area contributed by atoms with Crippen molar-refractivity contribution < 1.29 is 13.9 Å². The molecule has 2 heterocycles. The third-order valence-corrected chi connectivity index (χ3v) is 7.05. The van der Waals surface area contributed by atoms with Crippen LogP contribution in [0.1, 0.15) is 40.3 Å². The fraction of sp³-hybridized carbons (Fsp3) is 0.212. The zero-order valence-corrected chi connectivity index (χ0v) is 22.2. The molecule has 1 N–H and O–H groups in total. The van der Waals surface area contributed by atoms with Gasteiger partial charge in [-0.3, -0.25) is 9.78 Å².